The van der Waals surface area contributed by atoms with Crippen LogP contribution in [0.4, 0.5) is 0 Å². The van der Waals surface area contributed by atoms with Crippen molar-refractivity contribution < 1.29 is 18.3 Å². The van der Waals surface area contributed by atoms with Gasteiger partial charge < -0.3 is 5.11 Å². The monoisotopic (exact) mass is 317 g/mol. The first kappa shape index (κ1) is 16.7. The van der Waals surface area contributed by atoms with Gasteiger partial charge in [0, 0.05) is 17.0 Å². The van der Waals surface area contributed by atoms with Crippen LogP contribution in [0.2, 0.25) is 5.02 Å². The molecular weight excluding hydrogens is 302 g/mol. The Balaban J connectivity index is 2.90. The minimum absolute atomic E-state index is 0.166. The van der Waals surface area contributed by atoms with Gasteiger partial charge >= 0.3 is 5.97 Å². The Labute approximate surface area is 123 Å². The topological polar surface area (TPSA) is 74.7 Å². The maximum atomic E-state index is 12.0. The Hall–Kier alpha value is -1.37. The van der Waals surface area contributed by atoms with Crippen molar-refractivity contribution in [3.63, 3.8) is 0 Å². The summed E-state index contributed by atoms with van der Waals surface area (Å²) in [6.45, 7) is 1.41. The van der Waals surface area contributed by atoms with E-state index in [4.69, 9.17) is 16.7 Å². The maximum Gasteiger partial charge on any atom is 0.318 e. The molecule has 20 heavy (non-hydrogen) atoms. The van der Waals surface area contributed by atoms with Crippen molar-refractivity contribution in [2.75, 3.05) is 13.1 Å². The van der Waals surface area contributed by atoms with Gasteiger partial charge in [-0.05, 0) is 30.2 Å². The second kappa shape index (κ2) is 7.42. The first-order chi connectivity index (χ1) is 9.35. The summed E-state index contributed by atoms with van der Waals surface area (Å²) < 4.78 is 25.0. The molecule has 0 aromatic heterocycles. The zero-order valence-electron chi connectivity index (χ0n) is 11.0. The number of sulfonamides is 1. The van der Waals surface area contributed by atoms with Gasteiger partial charge in [-0.3, -0.25) is 4.79 Å². The fourth-order valence-electron chi connectivity index (χ4n) is 1.52. The number of aliphatic carboxylic acids is 1. The van der Waals surface area contributed by atoms with Crippen molar-refractivity contribution >= 4 is 33.7 Å². The molecule has 0 unspecified atom stereocenters. The highest BCUT2D eigenvalue weighted by Crippen LogP contribution is 2.12. The molecule has 1 aromatic rings. The smallest absolute Gasteiger partial charge is 0.318 e. The third-order valence-corrected chi connectivity index (χ3v) is 4.21. The normalized spacial score (nSPS) is 12.2. The zero-order valence-corrected chi connectivity index (χ0v) is 12.6. The number of carboxylic acid groups (broad SMARTS) is 1. The molecular formula is C13H16ClNO4S. The van der Waals surface area contributed by atoms with Gasteiger partial charge in [-0.25, -0.2) is 8.42 Å². The van der Waals surface area contributed by atoms with Crippen molar-refractivity contribution in [2.24, 2.45) is 0 Å². The first-order valence-corrected chi connectivity index (χ1v) is 7.89. The number of carbonyl (C=O) groups is 1. The van der Waals surface area contributed by atoms with Gasteiger partial charge in [0.15, 0.2) is 0 Å². The molecule has 0 saturated carbocycles. The molecule has 0 radical (unpaired) electrons. The van der Waals surface area contributed by atoms with Gasteiger partial charge in [-0.15, -0.1) is 0 Å². The standard InChI is InChI=1S/C13H16ClNO4S/c1-2-8-15(10-13(16)17)20(18,19)9-7-11-3-5-12(14)6-4-11/h3-7,9H,2,8,10H2,1H3,(H,16,17)/b9-7+. The van der Waals surface area contributed by atoms with Crippen LogP contribution < -0.4 is 0 Å². The number of carboxylic acids is 1. The molecule has 0 aliphatic carbocycles. The molecule has 0 aliphatic rings. The molecule has 0 atom stereocenters. The van der Waals surface area contributed by atoms with Gasteiger partial charge in [0.2, 0.25) is 10.0 Å². The van der Waals surface area contributed by atoms with Crippen molar-refractivity contribution in [3.05, 3.63) is 40.3 Å². The molecule has 5 nitrogen and oxygen atoms in total. The fraction of sp³-hybridized carbons (Fsp3) is 0.308. The van der Waals surface area contributed by atoms with Crippen LogP contribution in [0.3, 0.4) is 0 Å². The Morgan fingerprint density at radius 2 is 1.95 bits per heavy atom. The number of hydrogen-bond acceptors (Lipinski definition) is 3. The molecule has 7 heteroatoms. The molecule has 0 heterocycles. The largest absolute Gasteiger partial charge is 0.480 e. The summed E-state index contributed by atoms with van der Waals surface area (Å²) in [6.07, 6.45) is 1.96. The Morgan fingerprint density at radius 3 is 2.45 bits per heavy atom. The Kier molecular flexibility index (Phi) is 6.19. The van der Waals surface area contributed by atoms with E-state index in [1.165, 1.54) is 6.08 Å². The van der Waals surface area contributed by atoms with Crippen molar-refractivity contribution in [2.45, 2.75) is 13.3 Å². The van der Waals surface area contributed by atoms with E-state index in [0.29, 0.717) is 17.0 Å². The average molecular weight is 318 g/mol. The number of nitrogens with zero attached hydrogens (tertiary/aromatic N) is 1. The highest BCUT2D eigenvalue weighted by molar-refractivity contribution is 7.92. The molecule has 0 bridgehead atoms. The van der Waals surface area contributed by atoms with Crippen LogP contribution in [-0.4, -0.2) is 36.9 Å². The quantitative estimate of drug-likeness (QED) is 0.838. The molecule has 0 spiro atoms. The van der Waals surface area contributed by atoms with Crippen LogP contribution in [0.1, 0.15) is 18.9 Å². The summed E-state index contributed by atoms with van der Waals surface area (Å²) in [5, 5.41) is 10.3. The van der Waals surface area contributed by atoms with Gasteiger partial charge in [0.05, 0.1) is 0 Å². The van der Waals surface area contributed by atoms with Crippen LogP contribution in [0.25, 0.3) is 6.08 Å². The van der Waals surface area contributed by atoms with Crippen LogP contribution in [0, 0.1) is 0 Å². The summed E-state index contributed by atoms with van der Waals surface area (Å²) >= 11 is 5.73. The molecule has 110 valence electrons. The van der Waals surface area contributed by atoms with Crippen LogP contribution in [0.5, 0.6) is 0 Å². The third kappa shape index (κ3) is 5.32. The minimum Gasteiger partial charge on any atom is -0.480 e. The highest BCUT2D eigenvalue weighted by atomic mass is 35.5. The van der Waals surface area contributed by atoms with E-state index < -0.39 is 22.5 Å². The van der Waals surface area contributed by atoms with Gasteiger partial charge in [0.25, 0.3) is 0 Å². The van der Waals surface area contributed by atoms with Gasteiger partial charge in [0.1, 0.15) is 6.54 Å². The summed E-state index contributed by atoms with van der Waals surface area (Å²) in [5.74, 6) is -1.18. The second-order valence-electron chi connectivity index (χ2n) is 4.13. The third-order valence-electron chi connectivity index (χ3n) is 2.45. The molecule has 0 aliphatic heterocycles. The Bertz CT molecular complexity index is 581. The highest BCUT2D eigenvalue weighted by Gasteiger charge is 2.20. The molecule has 0 fully saturated rings. The van der Waals surface area contributed by atoms with Crippen molar-refractivity contribution in [1.82, 2.24) is 4.31 Å². The number of benzene rings is 1. The summed E-state index contributed by atoms with van der Waals surface area (Å²) in [7, 11) is -3.75. The van der Waals surface area contributed by atoms with Crippen LogP contribution in [-0.2, 0) is 14.8 Å². The number of hydrogen-bond donors (Lipinski definition) is 1. The lowest BCUT2D eigenvalue weighted by Crippen LogP contribution is -2.34. The average Bonchev–Trinajstić information content (AvgIpc) is 2.37. The lowest BCUT2D eigenvalue weighted by molar-refractivity contribution is -0.137. The summed E-state index contributed by atoms with van der Waals surface area (Å²) in [6, 6.07) is 6.65. The van der Waals surface area contributed by atoms with E-state index in [1.54, 1.807) is 31.2 Å². The molecule has 0 amide bonds. The van der Waals surface area contributed by atoms with E-state index in [1.807, 2.05) is 0 Å². The predicted octanol–water partition coefficient (Wildman–Crippen LogP) is 2.44. The van der Waals surface area contributed by atoms with Crippen LogP contribution in [0.15, 0.2) is 29.7 Å². The van der Waals surface area contributed by atoms with E-state index >= 15 is 0 Å². The molecule has 1 N–H and O–H groups in total. The predicted molar refractivity (Wildman–Crippen MR) is 78.9 cm³/mol. The van der Waals surface area contributed by atoms with E-state index in [9.17, 15) is 13.2 Å². The fourth-order valence-corrected chi connectivity index (χ4v) is 2.88. The second-order valence-corrected chi connectivity index (χ2v) is 6.38. The van der Waals surface area contributed by atoms with Crippen molar-refractivity contribution in [3.8, 4) is 0 Å². The van der Waals surface area contributed by atoms with E-state index in [0.717, 1.165) is 9.71 Å². The van der Waals surface area contributed by atoms with Gasteiger partial charge in [-0.2, -0.15) is 4.31 Å². The van der Waals surface area contributed by atoms with Gasteiger partial charge in [-0.1, -0.05) is 30.7 Å². The lowest BCUT2D eigenvalue weighted by Gasteiger charge is -2.16. The van der Waals surface area contributed by atoms with E-state index in [2.05, 4.69) is 0 Å². The van der Waals surface area contributed by atoms with Crippen LogP contribution >= 0.6 is 11.6 Å². The molecule has 0 saturated heterocycles. The summed E-state index contributed by atoms with van der Waals surface area (Å²) in [4.78, 5) is 10.7. The first-order valence-electron chi connectivity index (χ1n) is 6.00. The van der Waals surface area contributed by atoms with Crippen molar-refractivity contribution in [1.29, 1.82) is 0 Å². The lowest BCUT2D eigenvalue weighted by atomic mass is 10.2. The Morgan fingerprint density at radius 1 is 1.35 bits per heavy atom. The number of rotatable bonds is 7. The maximum absolute atomic E-state index is 12.0. The minimum atomic E-state index is -3.75. The zero-order chi connectivity index (χ0) is 15.2. The SMILES string of the molecule is CCCN(CC(=O)O)S(=O)(=O)/C=C/c1ccc(Cl)cc1. The summed E-state index contributed by atoms with van der Waals surface area (Å²) in [5.41, 5.74) is 0.671. The molecule has 1 aromatic carbocycles. The molecule has 1 rings (SSSR count). The number of halogens is 1. The van der Waals surface area contributed by atoms with E-state index in [-0.39, 0.29) is 6.54 Å².